The third kappa shape index (κ3) is 5.00. The molecule has 150 valence electrons. The third-order valence-corrected chi connectivity index (χ3v) is 5.82. The summed E-state index contributed by atoms with van der Waals surface area (Å²) in [6.45, 7) is 11.7. The minimum Gasteiger partial charge on any atom is -0.444 e. The van der Waals surface area contributed by atoms with E-state index in [0.717, 1.165) is 15.9 Å². The lowest BCUT2D eigenvalue weighted by Crippen LogP contribution is -2.55. The number of alkyl carbamates (subject to hydrolysis) is 1. The molecule has 0 fully saturated rings. The van der Waals surface area contributed by atoms with Gasteiger partial charge in [0, 0.05) is 19.0 Å². The van der Waals surface area contributed by atoms with Crippen molar-refractivity contribution in [2.24, 2.45) is 7.05 Å². The van der Waals surface area contributed by atoms with E-state index in [4.69, 9.17) is 4.74 Å². The van der Waals surface area contributed by atoms with Crippen LogP contribution in [0.15, 0.2) is 6.07 Å². The van der Waals surface area contributed by atoms with Gasteiger partial charge >= 0.3 is 6.09 Å². The van der Waals surface area contributed by atoms with Crippen molar-refractivity contribution in [2.75, 3.05) is 6.54 Å². The van der Waals surface area contributed by atoms with Crippen LogP contribution in [0.25, 0.3) is 10.2 Å². The Kier molecular flexibility index (Phi) is 6.19. The van der Waals surface area contributed by atoms with Crippen molar-refractivity contribution in [3.63, 3.8) is 0 Å². The summed E-state index contributed by atoms with van der Waals surface area (Å²) in [5, 5.41) is 11.3. The summed E-state index contributed by atoms with van der Waals surface area (Å²) in [5.41, 5.74) is -0.180. The van der Waals surface area contributed by atoms with Crippen LogP contribution in [0, 0.1) is 6.92 Å². The van der Waals surface area contributed by atoms with Crippen molar-refractivity contribution < 1.29 is 14.3 Å². The highest BCUT2D eigenvalue weighted by Crippen LogP contribution is 2.28. The second-order valence-electron chi connectivity index (χ2n) is 7.84. The number of rotatable bonds is 6. The SMILES string of the molecule is CCC(CC)(CNC(=O)OC(C)(C)C)NC(=O)c1cc2c(C)nn(C)c2s1. The molecule has 7 nitrogen and oxygen atoms in total. The number of carbonyl (C=O) groups excluding carboxylic acids is 2. The quantitative estimate of drug-likeness (QED) is 0.781. The second-order valence-corrected chi connectivity index (χ2v) is 8.87. The number of thiophene rings is 1. The van der Waals surface area contributed by atoms with Crippen molar-refractivity contribution >= 4 is 33.6 Å². The van der Waals surface area contributed by atoms with Crippen molar-refractivity contribution in [2.45, 2.75) is 65.5 Å². The number of ether oxygens (including phenoxy) is 1. The van der Waals surface area contributed by atoms with E-state index in [-0.39, 0.29) is 5.91 Å². The average molecular weight is 395 g/mol. The van der Waals surface area contributed by atoms with Gasteiger partial charge in [0.2, 0.25) is 0 Å². The van der Waals surface area contributed by atoms with Gasteiger partial charge in [0.25, 0.3) is 5.91 Å². The predicted molar refractivity (Wildman–Crippen MR) is 108 cm³/mol. The smallest absolute Gasteiger partial charge is 0.407 e. The van der Waals surface area contributed by atoms with E-state index in [0.29, 0.717) is 24.3 Å². The van der Waals surface area contributed by atoms with E-state index in [1.807, 2.05) is 54.7 Å². The molecule has 2 heterocycles. The maximum atomic E-state index is 12.9. The van der Waals surface area contributed by atoms with E-state index in [9.17, 15) is 9.59 Å². The molecule has 0 aromatic carbocycles. The number of fused-ring (bicyclic) bond motifs is 1. The lowest BCUT2D eigenvalue weighted by atomic mass is 9.92. The summed E-state index contributed by atoms with van der Waals surface area (Å²) in [4.78, 5) is 26.5. The Morgan fingerprint density at radius 3 is 2.41 bits per heavy atom. The molecule has 0 aliphatic heterocycles. The van der Waals surface area contributed by atoms with Crippen LogP contribution >= 0.6 is 11.3 Å². The van der Waals surface area contributed by atoms with Gasteiger partial charge in [-0.1, -0.05) is 13.8 Å². The van der Waals surface area contributed by atoms with Crippen LogP contribution in [-0.4, -0.2) is 39.5 Å². The van der Waals surface area contributed by atoms with Gasteiger partial charge in [-0.05, 0) is 46.6 Å². The van der Waals surface area contributed by atoms with E-state index >= 15 is 0 Å². The van der Waals surface area contributed by atoms with Gasteiger partial charge < -0.3 is 15.4 Å². The molecule has 8 heteroatoms. The highest BCUT2D eigenvalue weighted by Gasteiger charge is 2.31. The molecule has 2 rings (SSSR count). The first-order chi connectivity index (χ1) is 12.5. The minimum absolute atomic E-state index is 0.134. The molecule has 2 N–H and O–H groups in total. The summed E-state index contributed by atoms with van der Waals surface area (Å²) >= 11 is 1.42. The normalized spacial score (nSPS) is 12.3. The molecule has 0 aliphatic carbocycles. The molecule has 0 radical (unpaired) electrons. The molecule has 0 saturated carbocycles. The van der Waals surface area contributed by atoms with Gasteiger partial charge in [-0.3, -0.25) is 9.48 Å². The lowest BCUT2D eigenvalue weighted by molar-refractivity contribution is 0.0502. The Morgan fingerprint density at radius 2 is 1.89 bits per heavy atom. The molecule has 2 aromatic rings. The number of amides is 2. The van der Waals surface area contributed by atoms with Gasteiger partial charge in [0.1, 0.15) is 10.4 Å². The standard InChI is InChI=1S/C19H30N4O3S/c1-8-19(9-2,11-20-17(25)26-18(4,5)6)21-15(24)14-10-13-12(3)22-23(7)16(13)27-14/h10H,8-9,11H2,1-7H3,(H,20,25)(H,21,24). The Balaban J connectivity index is 2.12. The maximum absolute atomic E-state index is 12.9. The molecule has 27 heavy (non-hydrogen) atoms. The number of nitrogens with one attached hydrogen (secondary N) is 2. The summed E-state index contributed by atoms with van der Waals surface area (Å²) in [5.74, 6) is -0.134. The molecular weight excluding hydrogens is 364 g/mol. The van der Waals surface area contributed by atoms with Crippen LogP contribution in [0.5, 0.6) is 0 Å². The highest BCUT2D eigenvalue weighted by molar-refractivity contribution is 7.20. The van der Waals surface area contributed by atoms with Crippen LogP contribution in [-0.2, 0) is 11.8 Å². The van der Waals surface area contributed by atoms with Gasteiger partial charge in [0.05, 0.1) is 16.1 Å². The molecule has 2 amide bonds. The van der Waals surface area contributed by atoms with Gasteiger partial charge in [0.15, 0.2) is 0 Å². The van der Waals surface area contributed by atoms with Gasteiger partial charge in [-0.25, -0.2) is 4.79 Å². The Bertz CT molecular complexity index is 793. The van der Waals surface area contributed by atoms with Crippen molar-refractivity contribution in [1.82, 2.24) is 20.4 Å². The number of nitrogens with zero attached hydrogens (tertiary/aromatic N) is 2. The number of hydrogen-bond donors (Lipinski definition) is 2. The molecule has 0 saturated heterocycles. The monoisotopic (exact) mass is 394 g/mol. The fourth-order valence-corrected chi connectivity index (χ4v) is 3.91. The Morgan fingerprint density at radius 1 is 1.26 bits per heavy atom. The fraction of sp³-hybridized carbons (Fsp3) is 0.632. The first-order valence-electron chi connectivity index (χ1n) is 9.22. The summed E-state index contributed by atoms with van der Waals surface area (Å²) in [6.07, 6.45) is 0.902. The lowest BCUT2D eigenvalue weighted by Gasteiger charge is -2.33. The molecule has 0 atom stereocenters. The first-order valence-corrected chi connectivity index (χ1v) is 10.0. The Labute approximate surface area is 164 Å². The summed E-state index contributed by atoms with van der Waals surface area (Å²) in [6, 6.07) is 1.88. The number of carbonyl (C=O) groups is 2. The zero-order valence-corrected chi connectivity index (χ0v) is 18.0. The first kappa shape index (κ1) is 21.2. The third-order valence-electron chi connectivity index (χ3n) is 4.62. The van der Waals surface area contributed by atoms with Crippen LogP contribution in [0.2, 0.25) is 0 Å². The number of hydrogen-bond acceptors (Lipinski definition) is 5. The number of aryl methyl sites for hydroxylation is 2. The predicted octanol–water partition coefficient (Wildman–Crippen LogP) is 3.76. The van der Waals surface area contributed by atoms with E-state index < -0.39 is 17.2 Å². The van der Waals surface area contributed by atoms with E-state index in [1.165, 1.54) is 11.3 Å². The molecule has 0 bridgehead atoms. The average Bonchev–Trinajstić information content (AvgIpc) is 3.12. The largest absolute Gasteiger partial charge is 0.444 e. The van der Waals surface area contributed by atoms with E-state index in [1.54, 1.807) is 4.68 Å². The second kappa shape index (κ2) is 7.88. The van der Waals surface area contributed by atoms with E-state index in [2.05, 4.69) is 15.7 Å². The van der Waals surface area contributed by atoms with Crippen LogP contribution in [0.3, 0.4) is 0 Å². The zero-order chi connectivity index (χ0) is 20.4. The van der Waals surface area contributed by atoms with Crippen molar-refractivity contribution in [3.8, 4) is 0 Å². The van der Waals surface area contributed by atoms with Crippen molar-refractivity contribution in [1.29, 1.82) is 0 Å². The fourth-order valence-electron chi connectivity index (χ4n) is 2.90. The van der Waals surface area contributed by atoms with Crippen LogP contribution < -0.4 is 10.6 Å². The van der Waals surface area contributed by atoms with Gasteiger partial charge in [-0.2, -0.15) is 5.10 Å². The molecule has 0 spiro atoms. The summed E-state index contributed by atoms with van der Waals surface area (Å²) < 4.78 is 7.09. The molecule has 0 unspecified atom stereocenters. The van der Waals surface area contributed by atoms with Gasteiger partial charge in [-0.15, -0.1) is 11.3 Å². The zero-order valence-electron chi connectivity index (χ0n) is 17.2. The highest BCUT2D eigenvalue weighted by atomic mass is 32.1. The number of aromatic nitrogens is 2. The topological polar surface area (TPSA) is 85.2 Å². The maximum Gasteiger partial charge on any atom is 0.407 e. The Hall–Kier alpha value is -2.09. The molecule has 0 aliphatic rings. The van der Waals surface area contributed by atoms with Crippen LogP contribution in [0.1, 0.15) is 62.8 Å². The summed E-state index contributed by atoms with van der Waals surface area (Å²) in [7, 11) is 1.88. The minimum atomic E-state index is -0.558. The van der Waals surface area contributed by atoms with Crippen LogP contribution in [0.4, 0.5) is 4.79 Å². The molecular formula is C19H30N4O3S. The molecule has 2 aromatic heterocycles. The van der Waals surface area contributed by atoms with Crippen molar-refractivity contribution in [3.05, 3.63) is 16.6 Å².